The number of rotatable bonds is 28. The number of unbranched alkanes of at least 4 members (excludes halogenated alkanes) is 19. The standard InChI is InChI=1S/C39H71N3O4.3C2H6/c1-6-8-9-10-11-12-13-14-15-16-17-18-19-20-21-22-23-24-25-26-28-40-35(27-7-2)34-30-42(39(44)41-38(34)43)37-29-33(32(3)4)36(46-37)31-45-5;3*1-2/h27,30,32-33,36-37,40H,6-26,28-29,31H2,1-5H3,(H,41,43,44);3*1-2H3/b35-27-;;;. The summed E-state index contributed by atoms with van der Waals surface area (Å²) in [7, 11) is 1.67. The highest BCUT2D eigenvalue weighted by Gasteiger charge is 2.38. The molecule has 2 rings (SSSR count). The van der Waals surface area contributed by atoms with Crippen molar-refractivity contribution in [2.45, 2.75) is 223 Å². The van der Waals surface area contributed by atoms with Crippen LogP contribution in [0.1, 0.15) is 222 Å². The Balaban J connectivity index is 0. The zero-order valence-corrected chi connectivity index (χ0v) is 36.5. The van der Waals surface area contributed by atoms with Crippen molar-refractivity contribution in [3.63, 3.8) is 0 Å². The summed E-state index contributed by atoms with van der Waals surface area (Å²) in [6.45, 7) is 22.0. The predicted octanol–water partition coefficient (Wildman–Crippen LogP) is 13.0. The fourth-order valence-electron chi connectivity index (χ4n) is 6.93. The van der Waals surface area contributed by atoms with E-state index in [1.165, 1.54) is 122 Å². The van der Waals surface area contributed by atoms with E-state index >= 15 is 0 Å². The Bertz CT molecular complexity index is 1050. The molecule has 0 aromatic carbocycles. The summed E-state index contributed by atoms with van der Waals surface area (Å²) >= 11 is 0. The normalized spacial score (nSPS) is 16.8. The number of ether oxygens (including phenoxy) is 2. The Morgan fingerprint density at radius 1 is 0.788 bits per heavy atom. The topological polar surface area (TPSA) is 85.3 Å². The minimum atomic E-state index is -0.427. The third kappa shape index (κ3) is 23.7. The first-order chi connectivity index (χ1) is 25.4. The second-order valence-corrected chi connectivity index (χ2v) is 14.1. The van der Waals surface area contributed by atoms with Crippen molar-refractivity contribution in [1.29, 1.82) is 0 Å². The molecule has 52 heavy (non-hydrogen) atoms. The lowest BCUT2D eigenvalue weighted by atomic mass is 9.89. The van der Waals surface area contributed by atoms with E-state index in [0.717, 1.165) is 31.5 Å². The second kappa shape index (κ2) is 37.5. The number of nitrogens with one attached hydrogen (secondary N) is 2. The number of hydrogen-bond acceptors (Lipinski definition) is 5. The first-order valence-corrected chi connectivity index (χ1v) is 22.4. The van der Waals surface area contributed by atoms with Gasteiger partial charge in [-0.1, -0.05) is 197 Å². The quantitative estimate of drug-likeness (QED) is 0.0837. The number of H-pyrrole nitrogens is 1. The van der Waals surface area contributed by atoms with Crippen LogP contribution in [0, 0.1) is 11.8 Å². The van der Waals surface area contributed by atoms with Gasteiger partial charge in [0, 0.05) is 25.5 Å². The average Bonchev–Trinajstić information content (AvgIpc) is 3.58. The van der Waals surface area contributed by atoms with Gasteiger partial charge in [-0.3, -0.25) is 14.3 Å². The summed E-state index contributed by atoms with van der Waals surface area (Å²) in [5, 5.41) is 3.49. The molecule has 1 aliphatic rings. The summed E-state index contributed by atoms with van der Waals surface area (Å²) in [5.41, 5.74) is 0.504. The molecule has 2 N–H and O–H groups in total. The lowest BCUT2D eigenvalue weighted by Crippen LogP contribution is -2.35. The number of nitrogens with zero attached hydrogens (tertiary/aromatic N) is 1. The van der Waals surface area contributed by atoms with Gasteiger partial charge in [-0.15, -0.1) is 0 Å². The van der Waals surface area contributed by atoms with Gasteiger partial charge in [-0.05, 0) is 31.1 Å². The van der Waals surface area contributed by atoms with E-state index in [-0.39, 0.29) is 17.6 Å². The Morgan fingerprint density at radius 2 is 1.23 bits per heavy atom. The summed E-state index contributed by atoms with van der Waals surface area (Å²) in [6.07, 6.45) is 32.2. The molecule has 0 radical (unpaired) electrons. The number of methoxy groups -OCH3 is 1. The van der Waals surface area contributed by atoms with Crippen molar-refractivity contribution < 1.29 is 9.47 Å². The molecule has 0 aliphatic carbocycles. The highest BCUT2D eigenvalue weighted by atomic mass is 16.5. The summed E-state index contributed by atoms with van der Waals surface area (Å²) < 4.78 is 13.2. The first kappa shape index (κ1) is 52.2. The number of aromatic amines is 1. The van der Waals surface area contributed by atoms with Crippen LogP contribution in [0.25, 0.3) is 5.70 Å². The van der Waals surface area contributed by atoms with Crippen molar-refractivity contribution in [3.05, 3.63) is 38.7 Å². The van der Waals surface area contributed by atoms with Gasteiger partial charge in [-0.2, -0.15) is 0 Å². The SMILES string of the molecule is CC.CC.CC.CC/C=C(\NCCCCCCCCCCCCCCCCCCCCCC)c1cn(C2CC(C(C)C)C(COC)O2)c(=O)[nH]c1=O. The molecule has 1 saturated heterocycles. The van der Waals surface area contributed by atoms with Gasteiger partial charge in [-0.25, -0.2) is 4.79 Å². The molecule has 3 atom stereocenters. The fourth-order valence-corrected chi connectivity index (χ4v) is 6.93. The molecule has 7 nitrogen and oxygen atoms in total. The Kier molecular flexibility index (Phi) is 37.6. The molecule has 1 aromatic heterocycles. The van der Waals surface area contributed by atoms with Gasteiger partial charge in [0.15, 0.2) is 0 Å². The molecule has 3 unspecified atom stereocenters. The number of aromatic nitrogens is 2. The molecule has 1 aliphatic heterocycles. The van der Waals surface area contributed by atoms with Crippen molar-refractivity contribution in [3.8, 4) is 0 Å². The maximum absolute atomic E-state index is 12.9. The average molecular weight is 736 g/mol. The van der Waals surface area contributed by atoms with Gasteiger partial charge in [0.2, 0.25) is 0 Å². The summed E-state index contributed by atoms with van der Waals surface area (Å²) in [5.74, 6) is 0.694. The molecule has 0 saturated carbocycles. The Morgan fingerprint density at radius 3 is 1.63 bits per heavy atom. The largest absolute Gasteiger partial charge is 0.385 e. The van der Waals surface area contributed by atoms with Gasteiger partial charge >= 0.3 is 5.69 Å². The van der Waals surface area contributed by atoms with E-state index in [2.05, 4.69) is 38.0 Å². The molecule has 1 aromatic rings. The van der Waals surface area contributed by atoms with E-state index in [0.29, 0.717) is 18.1 Å². The van der Waals surface area contributed by atoms with Crippen LogP contribution in [0.15, 0.2) is 21.9 Å². The van der Waals surface area contributed by atoms with Crippen molar-refractivity contribution >= 4 is 5.70 Å². The molecule has 0 bridgehead atoms. The number of hydrogen-bond donors (Lipinski definition) is 2. The van der Waals surface area contributed by atoms with E-state index in [1.807, 2.05) is 47.6 Å². The first-order valence-electron chi connectivity index (χ1n) is 22.4. The Labute approximate surface area is 322 Å². The molecule has 0 amide bonds. The van der Waals surface area contributed by atoms with Gasteiger partial charge < -0.3 is 14.8 Å². The fraction of sp³-hybridized carbons (Fsp3) is 0.867. The zero-order chi connectivity index (χ0) is 39.4. The molecule has 7 heteroatoms. The van der Waals surface area contributed by atoms with Crippen LogP contribution in [0.4, 0.5) is 0 Å². The molecular weight excluding hydrogens is 647 g/mol. The third-order valence-corrected chi connectivity index (χ3v) is 9.79. The van der Waals surface area contributed by atoms with Gasteiger partial charge in [0.25, 0.3) is 5.56 Å². The smallest absolute Gasteiger partial charge is 0.330 e. The lowest BCUT2D eigenvalue weighted by Gasteiger charge is -2.20. The molecular formula is C45H89N3O4. The van der Waals surface area contributed by atoms with Gasteiger partial charge in [0.05, 0.1) is 18.3 Å². The predicted molar refractivity (Wildman–Crippen MR) is 228 cm³/mol. The molecule has 308 valence electrons. The Hall–Kier alpha value is -1.86. The number of allylic oxidation sites excluding steroid dienone is 1. The monoisotopic (exact) mass is 736 g/mol. The van der Waals surface area contributed by atoms with E-state index in [4.69, 9.17) is 9.47 Å². The van der Waals surface area contributed by atoms with Crippen LogP contribution in [0.5, 0.6) is 0 Å². The molecule has 2 heterocycles. The van der Waals surface area contributed by atoms with Crippen LogP contribution in [-0.2, 0) is 9.47 Å². The minimum absolute atomic E-state index is 0.0692. The van der Waals surface area contributed by atoms with Crippen molar-refractivity contribution in [2.75, 3.05) is 20.3 Å². The highest BCUT2D eigenvalue weighted by molar-refractivity contribution is 5.62. The molecule has 0 spiro atoms. The van der Waals surface area contributed by atoms with E-state index in [9.17, 15) is 9.59 Å². The maximum Gasteiger partial charge on any atom is 0.330 e. The summed E-state index contributed by atoms with van der Waals surface area (Å²) in [4.78, 5) is 28.2. The highest BCUT2D eigenvalue weighted by Crippen LogP contribution is 2.37. The van der Waals surface area contributed by atoms with Crippen LogP contribution in [-0.4, -0.2) is 35.9 Å². The maximum atomic E-state index is 12.9. The third-order valence-electron chi connectivity index (χ3n) is 9.79. The zero-order valence-electron chi connectivity index (χ0n) is 36.5. The van der Waals surface area contributed by atoms with Crippen LogP contribution in [0.2, 0.25) is 0 Å². The minimum Gasteiger partial charge on any atom is -0.385 e. The second-order valence-electron chi connectivity index (χ2n) is 14.1. The van der Waals surface area contributed by atoms with Gasteiger partial charge in [0.1, 0.15) is 6.23 Å². The van der Waals surface area contributed by atoms with Crippen molar-refractivity contribution in [2.24, 2.45) is 11.8 Å². The van der Waals surface area contributed by atoms with Crippen LogP contribution in [0.3, 0.4) is 0 Å². The summed E-state index contributed by atoms with van der Waals surface area (Å²) in [6, 6.07) is 0. The molecule has 1 fully saturated rings. The van der Waals surface area contributed by atoms with Crippen molar-refractivity contribution in [1.82, 2.24) is 14.9 Å². The lowest BCUT2D eigenvalue weighted by molar-refractivity contribution is -0.0452. The van der Waals surface area contributed by atoms with Crippen LogP contribution >= 0.6 is 0 Å². The van der Waals surface area contributed by atoms with Crippen LogP contribution < -0.4 is 16.6 Å². The van der Waals surface area contributed by atoms with E-state index < -0.39 is 11.9 Å². The van der Waals surface area contributed by atoms with E-state index in [1.54, 1.807) is 17.9 Å².